The summed E-state index contributed by atoms with van der Waals surface area (Å²) in [4.78, 5) is 15.1. The van der Waals surface area contributed by atoms with Crippen molar-refractivity contribution in [2.45, 2.75) is 19.3 Å². The lowest BCUT2D eigenvalue weighted by molar-refractivity contribution is 0.661. The molecule has 0 saturated carbocycles. The molecule has 0 saturated heterocycles. The Morgan fingerprint density at radius 1 is 0.319 bits per heavy atom. The normalized spacial score (nSPS) is 13.0. The van der Waals surface area contributed by atoms with Gasteiger partial charge >= 0.3 is 0 Å². The van der Waals surface area contributed by atoms with Gasteiger partial charge in [0.2, 0.25) is 0 Å². The lowest BCUT2D eigenvalue weighted by atomic mass is 9.82. The molecule has 14 aromatic rings. The molecule has 0 N–H and O–H groups in total. The van der Waals surface area contributed by atoms with Crippen molar-refractivity contribution in [3.63, 3.8) is 0 Å². The van der Waals surface area contributed by atoms with Crippen molar-refractivity contribution >= 4 is 65.6 Å². The number of hydrogen-bond donors (Lipinski definition) is 0. The van der Waals surface area contributed by atoms with Crippen molar-refractivity contribution in [1.29, 1.82) is 0 Å². The minimum Gasteiger partial charge on any atom is -0.456 e. The van der Waals surface area contributed by atoms with E-state index in [2.05, 4.69) is 187 Å². The molecule has 10 aromatic carbocycles. The molecule has 15 rings (SSSR count). The minimum atomic E-state index is -0.102. The summed E-state index contributed by atoms with van der Waals surface area (Å²) in [5, 5.41) is 6.98. The fourth-order valence-electron chi connectivity index (χ4n) is 11.7. The molecule has 4 aromatic heterocycles. The van der Waals surface area contributed by atoms with Crippen molar-refractivity contribution in [3.8, 4) is 67.8 Å². The van der Waals surface area contributed by atoms with Gasteiger partial charge in [-0.05, 0) is 106 Å². The second-order valence-electron chi connectivity index (χ2n) is 19.6. The minimum absolute atomic E-state index is 0.102. The zero-order chi connectivity index (χ0) is 47.7. The van der Waals surface area contributed by atoms with Gasteiger partial charge in [-0.25, -0.2) is 15.0 Å². The lowest BCUT2D eigenvalue weighted by Gasteiger charge is -2.21. The molecule has 6 heteroatoms. The molecule has 6 nitrogen and oxygen atoms in total. The summed E-state index contributed by atoms with van der Waals surface area (Å²) in [6.07, 6.45) is 0. The summed E-state index contributed by atoms with van der Waals surface area (Å²) in [5.74, 6) is 1.87. The van der Waals surface area contributed by atoms with E-state index < -0.39 is 0 Å². The average Bonchev–Trinajstić information content (AvgIpc) is 4.14. The topological polar surface area (TPSA) is 61.7 Å². The van der Waals surface area contributed by atoms with Crippen LogP contribution >= 0.6 is 0 Å². The summed E-state index contributed by atoms with van der Waals surface area (Å²) >= 11 is 0. The molecular formula is C66H43N5O. The van der Waals surface area contributed by atoms with Gasteiger partial charge in [-0.3, -0.25) is 0 Å². The predicted molar refractivity (Wildman–Crippen MR) is 295 cm³/mol. The van der Waals surface area contributed by atoms with Gasteiger partial charge in [0.1, 0.15) is 11.2 Å². The van der Waals surface area contributed by atoms with Gasteiger partial charge in [0, 0.05) is 71.9 Å². The van der Waals surface area contributed by atoms with Crippen molar-refractivity contribution < 1.29 is 4.42 Å². The summed E-state index contributed by atoms with van der Waals surface area (Å²) in [5.41, 5.74) is 18.7. The number of para-hydroxylation sites is 2. The Bertz CT molecular complexity index is 4470. The van der Waals surface area contributed by atoms with Crippen LogP contribution in [0, 0.1) is 0 Å². The number of furan rings is 1. The van der Waals surface area contributed by atoms with Gasteiger partial charge in [0.15, 0.2) is 17.5 Å². The zero-order valence-electron chi connectivity index (χ0n) is 39.5. The van der Waals surface area contributed by atoms with Gasteiger partial charge in [0.25, 0.3) is 0 Å². The van der Waals surface area contributed by atoms with E-state index in [9.17, 15) is 0 Å². The smallest absolute Gasteiger partial charge is 0.164 e. The maximum absolute atomic E-state index is 6.89. The quantitative estimate of drug-likeness (QED) is 0.167. The first-order valence-corrected chi connectivity index (χ1v) is 24.6. The van der Waals surface area contributed by atoms with Crippen LogP contribution in [0.1, 0.15) is 25.0 Å². The van der Waals surface area contributed by atoms with Crippen LogP contribution in [0.15, 0.2) is 229 Å². The molecule has 0 bridgehead atoms. The second kappa shape index (κ2) is 15.3. The second-order valence-corrected chi connectivity index (χ2v) is 19.6. The summed E-state index contributed by atoms with van der Waals surface area (Å²) in [6.45, 7) is 4.71. The van der Waals surface area contributed by atoms with Crippen LogP contribution in [-0.2, 0) is 5.41 Å². The van der Waals surface area contributed by atoms with Crippen molar-refractivity contribution in [2.75, 3.05) is 0 Å². The van der Waals surface area contributed by atoms with Crippen molar-refractivity contribution in [2.24, 2.45) is 0 Å². The number of hydrogen-bond acceptors (Lipinski definition) is 4. The lowest BCUT2D eigenvalue weighted by Crippen LogP contribution is -2.14. The largest absolute Gasteiger partial charge is 0.456 e. The Balaban J connectivity index is 0.864. The number of nitrogens with zero attached hydrogens (tertiary/aromatic N) is 5. The highest BCUT2D eigenvalue weighted by Crippen LogP contribution is 2.51. The highest BCUT2D eigenvalue weighted by Gasteiger charge is 2.36. The zero-order valence-corrected chi connectivity index (χ0v) is 39.5. The maximum atomic E-state index is 6.89. The summed E-state index contributed by atoms with van der Waals surface area (Å²) in [6, 6.07) is 80.1. The number of rotatable bonds is 6. The average molecular weight is 922 g/mol. The van der Waals surface area contributed by atoms with Gasteiger partial charge in [-0.2, -0.15) is 0 Å². The first kappa shape index (κ1) is 40.5. The molecule has 0 aliphatic heterocycles. The molecule has 0 atom stereocenters. The molecular weight excluding hydrogens is 879 g/mol. The third-order valence-electron chi connectivity index (χ3n) is 15.1. The fourth-order valence-corrected chi connectivity index (χ4v) is 11.7. The van der Waals surface area contributed by atoms with Gasteiger partial charge in [-0.15, -0.1) is 0 Å². The Morgan fingerprint density at radius 2 is 0.875 bits per heavy atom. The summed E-state index contributed by atoms with van der Waals surface area (Å²) in [7, 11) is 0. The molecule has 0 unspecified atom stereocenters. The molecule has 0 amide bonds. The predicted octanol–water partition coefficient (Wildman–Crippen LogP) is 16.9. The third-order valence-corrected chi connectivity index (χ3v) is 15.1. The van der Waals surface area contributed by atoms with Crippen LogP contribution in [-0.4, -0.2) is 24.1 Å². The van der Waals surface area contributed by atoms with Gasteiger partial charge in [-0.1, -0.05) is 159 Å². The molecule has 0 spiro atoms. The van der Waals surface area contributed by atoms with Crippen LogP contribution in [0.4, 0.5) is 0 Å². The van der Waals surface area contributed by atoms with E-state index in [1.807, 2.05) is 60.7 Å². The highest BCUT2D eigenvalue weighted by atomic mass is 16.3. The Labute approximate surface area is 414 Å². The van der Waals surface area contributed by atoms with E-state index in [0.717, 1.165) is 77.6 Å². The maximum Gasteiger partial charge on any atom is 0.164 e. The van der Waals surface area contributed by atoms with Crippen LogP contribution in [0.25, 0.3) is 133 Å². The first-order valence-electron chi connectivity index (χ1n) is 24.6. The molecule has 72 heavy (non-hydrogen) atoms. The monoisotopic (exact) mass is 921 g/mol. The van der Waals surface area contributed by atoms with Crippen LogP contribution < -0.4 is 0 Å². The van der Waals surface area contributed by atoms with Crippen molar-refractivity contribution in [3.05, 3.63) is 236 Å². The van der Waals surface area contributed by atoms with E-state index in [1.54, 1.807) is 0 Å². The molecule has 338 valence electrons. The molecule has 1 aliphatic rings. The Morgan fingerprint density at radius 3 is 1.65 bits per heavy atom. The number of benzene rings is 10. The highest BCUT2D eigenvalue weighted by molar-refractivity contribution is 6.18. The Hall–Kier alpha value is -9.39. The molecule has 0 fully saturated rings. The molecule has 1 aliphatic carbocycles. The van der Waals surface area contributed by atoms with Crippen molar-refractivity contribution in [1.82, 2.24) is 24.1 Å². The Kier molecular flexibility index (Phi) is 8.61. The van der Waals surface area contributed by atoms with Crippen LogP contribution in [0.5, 0.6) is 0 Å². The number of fused-ring (bicyclic) bond motifs is 12. The van der Waals surface area contributed by atoms with E-state index >= 15 is 0 Å². The fraction of sp³-hybridized carbons (Fsp3) is 0.0455. The molecule has 0 radical (unpaired) electrons. The van der Waals surface area contributed by atoms with Crippen LogP contribution in [0.2, 0.25) is 0 Å². The third kappa shape index (κ3) is 6.05. The van der Waals surface area contributed by atoms with E-state index in [-0.39, 0.29) is 5.41 Å². The first-order chi connectivity index (χ1) is 35.4. The number of aromatic nitrogens is 5. The van der Waals surface area contributed by atoms with Gasteiger partial charge < -0.3 is 13.6 Å². The SMILES string of the molecule is CC1(C)c2ccccc2-c2cc3c4cc(-c5ccc6c(c5)oc5cc7c(cc56)c5ccccc5n7-c5cccc(-c6nc(-c7ccccc7)nc(-c7ccccc7)n6)c5)ccc4n(-c4ccccc4)c3cc21. The summed E-state index contributed by atoms with van der Waals surface area (Å²) < 4.78 is 11.7. The van der Waals surface area contributed by atoms with E-state index in [1.165, 1.54) is 49.4 Å². The molecule has 4 heterocycles. The van der Waals surface area contributed by atoms with Gasteiger partial charge in [0.05, 0.1) is 22.1 Å². The standard InChI is InChI=1S/C66H43N5O/c1-66(2)55-27-14-12-25-47(55)50-36-53-51-34-42(30-32-58(51)70(59(53)38-56(50)66)45-22-10-5-11-23-45)43-29-31-49-54-37-52-48-26-13-15-28-57(48)71(60(52)39-62(54)72-61(49)35-43)46-24-16-21-44(33-46)65-68-63(40-17-6-3-7-18-40)67-64(69-65)41-19-8-4-9-20-41/h3-39H,1-2H3. The van der Waals surface area contributed by atoms with E-state index in [0.29, 0.717) is 17.5 Å². The van der Waals surface area contributed by atoms with Crippen LogP contribution in [0.3, 0.4) is 0 Å². The van der Waals surface area contributed by atoms with E-state index in [4.69, 9.17) is 19.4 Å².